The zero-order valence-electron chi connectivity index (χ0n) is 21.9. The molecule has 0 aliphatic heterocycles. The van der Waals surface area contributed by atoms with E-state index < -0.39 is 0 Å². The quantitative estimate of drug-likeness (QED) is 0.226. The number of hydrogen-bond donors (Lipinski definition) is 0. The van der Waals surface area contributed by atoms with Crippen molar-refractivity contribution in [2.24, 2.45) is 0 Å². The predicted molar refractivity (Wildman–Crippen MR) is 167 cm³/mol. The van der Waals surface area contributed by atoms with Gasteiger partial charge in [0.05, 0.1) is 39.4 Å². The van der Waals surface area contributed by atoms with Gasteiger partial charge in [-0.05, 0) is 54.6 Å². The Morgan fingerprint density at radius 3 is 1.54 bits per heavy atom. The summed E-state index contributed by atoms with van der Waals surface area (Å²) in [5.74, 6) is 0. The summed E-state index contributed by atoms with van der Waals surface area (Å²) in [5.41, 5.74) is 8.70. The van der Waals surface area contributed by atoms with E-state index in [-0.39, 0.29) is 0 Å². The molecule has 0 atom stereocenters. The van der Waals surface area contributed by atoms with Gasteiger partial charge < -0.3 is 13.6 Å². The minimum atomic E-state index is 0.612. The Balaban J connectivity index is 1.50. The summed E-state index contributed by atoms with van der Waals surface area (Å²) in [6, 6.07) is 46.6. The molecule has 0 fully saturated rings. The highest BCUT2D eigenvalue weighted by molar-refractivity contribution is 6.14. The van der Waals surface area contributed by atoms with Gasteiger partial charge in [-0.3, -0.25) is 0 Å². The van der Waals surface area contributed by atoms with Gasteiger partial charge in [0.15, 0.2) is 5.58 Å². The molecule has 9 aromatic rings. The van der Waals surface area contributed by atoms with Crippen LogP contribution in [0.25, 0.3) is 76.9 Å². The van der Waals surface area contributed by atoms with Crippen LogP contribution >= 0.6 is 0 Å². The molecule has 0 bridgehead atoms. The van der Waals surface area contributed by atoms with Gasteiger partial charge in [-0.25, -0.2) is 0 Å². The molecule has 0 unspecified atom stereocenters. The Kier molecular flexibility index (Phi) is 4.37. The topological polar surface area (TPSA) is 46.8 Å². The first-order chi connectivity index (χ1) is 20.3. The summed E-state index contributed by atoms with van der Waals surface area (Å²) in [7, 11) is 0. The Hall–Kier alpha value is -5.79. The lowest BCUT2D eigenvalue weighted by Crippen LogP contribution is -1.99. The van der Waals surface area contributed by atoms with Gasteiger partial charge in [0.25, 0.3) is 0 Å². The summed E-state index contributed by atoms with van der Waals surface area (Å²) < 4.78 is 11.3. The van der Waals surface area contributed by atoms with Crippen molar-refractivity contribution >= 4 is 65.6 Å². The summed E-state index contributed by atoms with van der Waals surface area (Å²) in [5, 5.41) is 16.4. The van der Waals surface area contributed by atoms with Crippen molar-refractivity contribution in [3.63, 3.8) is 0 Å². The molecular weight excluding hydrogens is 502 g/mol. The summed E-state index contributed by atoms with van der Waals surface area (Å²) >= 11 is 0. The number of rotatable bonds is 2. The molecule has 0 saturated carbocycles. The third-order valence-corrected chi connectivity index (χ3v) is 8.32. The largest absolute Gasteiger partial charge is 0.454 e. The van der Waals surface area contributed by atoms with E-state index in [0.717, 1.165) is 55.4 Å². The highest BCUT2D eigenvalue weighted by atomic mass is 16.3. The van der Waals surface area contributed by atoms with E-state index in [1.807, 2.05) is 18.2 Å². The molecule has 3 aromatic heterocycles. The van der Waals surface area contributed by atoms with Crippen LogP contribution in [0.4, 0.5) is 0 Å². The Bertz CT molecular complexity index is 2450. The smallest absolute Gasteiger partial charge is 0.159 e. The van der Waals surface area contributed by atoms with Crippen molar-refractivity contribution in [3.8, 4) is 17.4 Å². The fraction of sp³-hybridized carbons (Fsp3) is 0. The first-order valence-electron chi connectivity index (χ1n) is 13.7. The van der Waals surface area contributed by atoms with E-state index in [1.165, 1.54) is 21.5 Å². The lowest BCUT2D eigenvalue weighted by Gasteiger charge is -2.14. The number of fused-ring (bicyclic) bond motifs is 9. The molecule has 9 rings (SSSR count). The number of hydrogen-bond acceptors (Lipinski definition) is 2. The van der Waals surface area contributed by atoms with Crippen molar-refractivity contribution < 1.29 is 4.42 Å². The van der Waals surface area contributed by atoms with E-state index in [1.54, 1.807) is 0 Å². The van der Waals surface area contributed by atoms with Crippen LogP contribution < -0.4 is 0 Å². The molecule has 41 heavy (non-hydrogen) atoms. The first kappa shape index (κ1) is 22.1. The predicted octanol–water partition coefficient (Wildman–Crippen LogP) is 9.65. The van der Waals surface area contributed by atoms with Gasteiger partial charge in [0.1, 0.15) is 5.58 Å². The third kappa shape index (κ3) is 2.98. The number of aromatic nitrogens is 2. The van der Waals surface area contributed by atoms with Crippen molar-refractivity contribution in [1.29, 1.82) is 5.26 Å². The highest BCUT2D eigenvalue weighted by Crippen LogP contribution is 2.41. The molecule has 6 aromatic carbocycles. The van der Waals surface area contributed by atoms with Crippen LogP contribution in [0.2, 0.25) is 0 Å². The van der Waals surface area contributed by atoms with E-state index in [2.05, 4.69) is 124 Å². The number of nitriles is 1. The maximum absolute atomic E-state index is 9.70. The molecule has 3 heterocycles. The van der Waals surface area contributed by atoms with Crippen LogP contribution in [0.5, 0.6) is 0 Å². The maximum Gasteiger partial charge on any atom is 0.159 e. The number of furan rings is 1. The average molecular weight is 524 g/mol. The molecule has 0 aliphatic rings. The van der Waals surface area contributed by atoms with Crippen LogP contribution in [-0.2, 0) is 0 Å². The zero-order chi connectivity index (χ0) is 27.1. The van der Waals surface area contributed by atoms with Gasteiger partial charge in [-0.2, -0.15) is 5.26 Å². The second-order valence-corrected chi connectivity index (χ2v) is 10.5. The van der Waals surface area contributed by atoms with Gasteiger partial charge in [0.2, 0.25) is 0 Å². The van der Waals surface area contributed by atoms with E-state index in [9.17, 15) is 5.26 Å². The standard InChI is InChI=1S/C37H21N3O/c38-22-23-17-18-36-29(19-23)30-20-24(39-31-13-5-1-9-25(31)26-10-2-6-14-32(26)39)21-35(37(30)41-36)40-33-15-7-3-11-27(33)28-12-4-8-16-34(28)40/h1-21H. The fourth-order valence-corrected chi connectivity index (χ4v) is 6.59. The molecule has 0 amide bonds. The molecule has 190 valence electrons. The second-order valence-electron chi connectivity index (χ2n) is 10.5. The summed E-state index contributed by atoms with van der Waals surface area (Å²) in [4.78, 5) is 0. The van der Waals surface area contributed by atoms with E-state index >= 15 is 0 Å². The Labute approximate surface area is 234 Å². The highest BCUT2D eigenvalue weighted by Gasteiger charge is 2.21. The number of benzene rings is 6. The van der Waals surface area contributed by atoms with Gasteiger partial charge in [-0.15, -0.1) is 0 Å². The van der Waals surface area contributed by atoms with Crippen LogP contribution in [0.15, 0.2) is 132 Å². The Morgan fingerprint density at radius 1 is 0.488 bits per heavy atom. The van der Waals surface area contributed by atoms with E-state index in [0.29, 0.717) is 5.56 Å². The molecule has 0 spiro atoms. The average Bonchev–Trinajstić information content (AvgIpc) is 3.68. The van der Waals surface area contributed by atoms with Crippen molar-refractivity contribution in [2.75, 3.05) is 0 Å². The van der Waals surface area contributed by atoms with E-state index in [4.69, 9.17) is 4.42 Å². The van der Waals surface area contributed by atoms with Crippen molar-refractivity contribution in [1.82, 2.24) is 9.13 Å². The zero-order valence-corrected chi connectivity index (χ0v) is 21.9. The minimum absolute atomic E-state index is 0.612. The van der Waals surface area contributed by atoms with Crippen LogP contribution in [0, 0.1) is 11.3 Å². The van der Waals surface area contributed by atoms with Gasteiger partial charge in [-0.1, -0.05) is 72.8 Å². The second kappa shape index (κ2) is 8.11. The summed E-state index contributed by atoms with van der Waals surface area (Å²) in [6.45, 7) is 0. The third-order valence-electron chi connectivity index (χ3n) is 8.32. The van der Waals surface area contributed by atoms with Gasteiger partial charge >= 0.3 is 0 Å². The molecule has 0 saturated heterocycles. The van der Waals surface area contributed by atoms with Crippen molar-refractivity contribution in [2.45, 2.75) is 0 Å². The first-order valence-corrected chi connectivity index (χ1v) is 13.7. The molecule has 0 N–H and O–H groups in total. The van der Waals surface area contributed by atoms with Crippen LogP contribution in [0.3, 0.4) is 0 Å². The normalized spacial score (nSPS) is 11.9. The fourth-order valence-electron chi connectivity index (χ4n) is 6.59. The monoisotopic (exact) mass is 523 g/mol. The lowest BCUT2D eigenvalue weighted by molar-refractivity contribution is 0.666. The van der Waals surface area contributed by atoms with Crippen LogP contribution in [-0.4, -0.2) is 9.13 Å². The number of nitrogens with zero attached hydrogens (tertiary/aromatic N) is 3. The maximum atomic E-state index is 9.70. The minimum Gasteiger partial charge on any atom is -0.454 e. The molecule has 4 heteroatoms. The lowest BCUT2D eigenvalue weighted by atomic mass is 10.1. The number of para-hydroxylation sites is 4. The van der Waals surface area contributed by atoms with Crippen molar-refractivity contribution in [3.05, 3.63) is 133 Å². The molecular formula is C37H21N3O. The summed E-state index contributed by atoms with van der Waals surface area (Å²) in [6.07, 6.45) is 0. The SMILES string of the molecule is N#Cc1ccc2oc3c(-n4c5ccccc5c5ccccc54)cc(-n4c5ccccc5c5ccccc54)cc3c2c1. The molecule has 0 aliphatic carbocycles. The molecule has 4 nitrogen and oxygen atoms in total. The molecule has 0 radical (unpaired) electrons. The Morgan fingerprint density at radius 2 is 1.00 bits per heavy atom. The van der Waals surface area contributed by atoms with Crippen LogP contribution in [0.1, 0.15) is 5.56 Å². The van der Waals surface area contributed by atoms with Gasteiger partial charge in [0, 0.05) is 38.0 Å².